The Kier molecular flexibility index (Phi) is 3.63. The third-order valence-corrected chi connectivity index (χ3v) is 3.62. The molecule has 2 N–H and O–H groups in total. The number of carboxylic acid groups (broad SMARTS) is 1. The fourth-order valence-electron chi connectivity index (χ4n) is 2.09. The number of carboxylic acids is 1. The molecule has 1 saturated carbocycles. The molecule has 2 rings (SSSR count). The molecule has 1 aliphatic rings. The summed E-state index contributed by atoms with van der Waals surface area (Å²) < 4.78 is 13.6. The molecule has 0 aliphatic heterocycles. The average Bonchev–Trinajstić information content (AvgIpc) is 3.22. The Morgan fingerprint density at radius 1 is 1.48 bits per heavy atom. The van der Waals surface area contributed by atoms with Gasteiger partial charge in [0.2, 0.25) is 0 Å². The first-order valence-corrected chi connectivity index (χ1v) is 6.25. The van der Waals surface area contributed by atoms with Crippen LogP contribution >= 0.6 is 0 Å². The minimum Gasteiger partial charge on any atom is -0.480 e. The van der Waals surface area contributed by atoms with Gasteiger partial charge in [-0.1, -0.05) is 0 Å². The Balaban J connectivity index is 2.29. The monoisotopic (exact) mass is 296 g/mol. The molecule has 0 aromatic heterocycles. The second-order valence-electron chi connectivity index (χ2n) is 5.16. The lowest BCUT2D eigenvalue weighted by molar-refractivity contribution is -0.384. The third kappa shape index (κ3) is 2.83. The standard InChI is InChI=1S/C13H13FN2O5/c1-13(12(18)19,7-2-3-7)15-11(17)9-6-8(16(20)21)4-5-10(9)14/h4-7H,2-3H2,1H3,(H,15,17)(H,18,19). The molecule has 1 aromatic carbocycles. The van der Waals surface area contributed by atoms with Gasteiger partial charge in [0.25, 0.3) is 11.6 Å². The number of aliphatic carboxylic acids is 1. The minimum atomic E-state index is -1.51. The van der Waals surface area contributed by atoms with Crippen molar-refractivity contribution in [3.8, 4) is 0 Å². The molecule has 0 spiro atoms. The lowest BCUT2D eigenvalue weighted by Crippen LogP contribution is -2.54. The quantitative estimate of drug-likeness (QED) is 0.635. The van der Waals surface area contributed by atoms with E-state index in [2.05, 4.69) is 5.32 Å². The number of hydrogen-bond donors (Lipinski definition) is 2. The first-order chi connectivity index (χ1) is 9.75. The lowest BCUT2D eigenvalue weighted by Gasteiger charge is -2.26. The molecule has 1 amide bonds. The maximum Gasteiger partial charge on any atom is 0.329 e. The first kappa shape index (κ1) is 14.9. The van der Waals surface area contributed by atoms with E-state index in [1.807, 2.05) is 0 Å². The van der Waals surface area contributed by atoms with Crippen LogP contribution in [-0.2, 0) is 4.79 Å². The number of nitro benzene ring substituents is 1. The van der Waals surface area contributed by atoms with Gasteiger partial charge in [-0.25, -0.2) is 9.18 Å². The number of nitro groups is 1. The van der Waals surface area contributed by atoms with Crippen molar-refractivity contribution in [1.82, 2.24) is 5.32 Å². The largest absolute Gasteiger partial charge is 0.480 e. The van der Waals surface area contributed by atoms with Crippen molar-refractivity contribution in [3.63, 3.8) is 0 Å². The predicted octanol–water partition coefficient (Wildman–Crippen LogP) is 1.72. The Bertz CT molecular complexity index is 629. The van der Waals surface area contributed by atoms with Crippen LogP contribution < -0.4 is 5.32 Å². The number of rotatable bonds is 5. The minimum absolute atomic E-state index is 0.222. The summed E-state index contributed by atoms with van der Waals surface area (Å²) in [6.07, 6.45) is 1.31. The highest BCUT2D eigenvalue weighted by molar-refractivity contribution is 5.98. The van der Waals surface area contributed by atoms with Crippen molar-refractivity contribution < 1.29 is 24.0 Å². The number of carbonyl (C=O) groups is 2. The molecular weight excluding hydrogens is 283 g/mol. The summed E-state index contributed by atoms with van der Waals surface area (Å²) in [5.41, 5.74) is -2.49. The molecule has 1 fully saturated rings. The molecule has 0 bridgehead atoms. The van der Waals surface area contributed by atoms with Crippen LogP contribution in [0.5, 0.6) is 0 Å². The van der Waals surface area contributed by atoms with Gasteiger partial charge in [-0.05, 0) is 31.7 Å². The highest BCUT2D eigenvalue weighted by Crippen LogP contribution is 2.40. The van der Waals surface area contributed by atoms with Gasteiger partial charge in [-0.2, -0.15) is 0 Å². The van der Waals surface area contributed by atoms with E-state index in [0.29, 0.717) is 12.8 Å². The van der Waals surface area contributed by atoms with E-state index in [0.717, 1.165) is 18.2 Å². The first-order valence-electron chi connectivity index (χ1n) is 6.25. The van der Waals surface area contributed by atoms with Gasteiger partial charge >= 0.3 is 5.97 Å². The number of carbonyl (C=O) groups excluding carboxylic acids is 1. The van der Waals surface area contributed by atoms with Crippen LogP contribution in [0.3, 0.4) is 0 Å². The number of nitrogens with zero attached hydrogens (tertiary/aromatic N) is 1. The Hall–Kier alpha value is -2.51. The Labute approximate surface area is 118 Å². The van der Waals surface area contributed by atoms with Crippen molar-refractivity contribution in [2.45, 2.75) is 25.3 Å². The van der Waals surface area contributed by atoms with Gasteiger partial charge in [0.1, 0.15) is 11.4 Å². The number of non-ortho nitro benzene ring substituents is 1. The summed E-state index contributed by atoms with van der Waals surface area (Å²) in [7, 11) is 0. The van der Waals surface area contributed by atoms with Crippen LogP contribution in [-0.4, -0.2) is 27.4 Å². The zero-order valence-corrected chi connectivity index (χ0v) is 11.1. The van der Waals surface area contributed by atoms with Crippen molar-refractivity contribution in [2.75, 3.05) is 0 Å². The Morgan fingerprint density at radius 3 is 2.57 bits per heavy atom. The van der Waals surface area contributed by atoms with Crippen LogP contribution in [0.1, 0.15) is 30.1 Å². The zero-order valence-electron chi connectivity index (χ0n) is 11.1. The van der Waals surface area contributed by atoms with Crippen LogP contribution in [0.4, 0.5) is 10.1 Å². The highest BCUT2D eigenvalue weighted by Gasteiger charge is 2.48. The number of hydrogen-bond acceptors (Lipinski definition) is 4. The molecule has 1 unspecified atom stereocenters. The smallest absolute Gasteiger partial charge is 0.329 e. The van der Waals surface area contributed by atoms with Crippen molar-refractivity contribution >= 4 is 17.6 Å². The van der Waals surface area contributed by atoms with E-state index in [9.17, 15) is 29.2 Å². The molecule has 0 heterocycles. The summed E-state index contributed by atoms with van der Waals surface area (Å²) >= 11 is 0. The van der Waals surface area contributed by atoms with E-state index in [4.69, 9.17) is 0 Å². The summed E-state index contributed by atoms with van der Waals surface area (Å²) in [4.78, 5) is 33.3. The average molecular weight is 296 g/mol. The summed E-state index contributed by atoms with van der Waals surface area (Å²) in [5, 5.41) is 22.2. The van der Waals surface area contributed by atoms with Gasteiger partial charge in [0.15, 0.2) is 0 Å². The molecular formula is C13H13FN2O5. The molecule has 112 valence electrons. The predicted molar refractivity (Wildman–Crippen MR) is 69.3 cm³/mol. The summed E-state index contributed by atoms with van der Waals surface area (Å²) in [6.45, 7) is 1.35. The van der Waals surface area contributed by atoms with Crippen molar-refractivity contribution in [3.05, 3.63) is 39.7 Å². The second kappa shape index (κ2) is 5.12. The second-order valence-corrected chi connectivity index (χ2v) is 5.16. The van der Waals surface area contributed by atoms with Gasteiger partial charge in [-0.3, -0.25) is 14.9 Å². The normalized spacial score (nSPS) is 16.9. The van der Waals surface area contributed by atoms with E-state index in [1.54, 1.807) is 0 Å². The molecule has 0 saturated heterocycles. The molecule has 8 heteroatoms. The third-order valence-electron chi connectivity index (χ3n) is 3.62. The molecule has 1 atom stereocenters. The van der Waals surface area contributed by atoms with Gasteiger partial charge in [0, 0.05) is 12.1 Å². The lowest BCUT2D eigenvalue weighted by atomic mass is 9.95. The van der Waals surface area contributed by atoms with Gasteiger partial charge in [0.05, 0.1) is 10.5 Å². The van der Waals surface area contributed by atoms with E-state index in [1.165, 1.54) is 6.92 Å². The van der Waals surface area contributed by atoms with Crippen molar-refractivity contribution in [1.29, 1.82) is 0 Å². The molecule has 21 heavy (non-hydrogen) atoms. The number of nitrogens with one attached hydrogen (secondary N) is 1. The SMILES string of the molecule is CC(NC(=O)c1cc([N+](=O)[O-])ccc1F)(C(=O)O)C1CC1. The molecule has 1 aliphatic carbocycles. The topological polar surface area (TPSA) is 110 Å². The zero-order chi connectivity index (χ0) is 15.8. The van der Waals surface area contributed by atoms with E-state index >= 15 is 0 Å². The van der Waals surface area contributed by atoms with Crippen molar-refractivity contribution in [2.24, 2.45) is 5.92 Å². The number of amides is 1. The maximum atomic E-state index is 13.6. The van der Waals surface area contributed by atoms with Crippen LogP contribution in [0.2, 0.25) is 0 Å². The van der Waals surface area contributed by atoms with E-state index in [-0.39, 0.29) is 5.92 Å². The summed E-state index contributed by atoms with van der Waals surface area (Å²) in [5.74, 6) is -3.36. The number of halogens is 1. The molecule has 7 nitrogen and oxygen atoms in total. The van der Waals surface area contributed by atoms with E-state index < -0.39 is 39.4 Å². The molecule has 0 radical (unpaired) electrons. The van der Waals surface area contributed by atoms with Crippen LogP contribution in [0, 0.1) is 21.8 Å². The van der Waals surface area contributed by atoms with Crippen LogP contribution in [0.15, 0.2) is 18.2 Å². The highest BCUT2D eigenvalue weighted by atomic mass is 19.1. The summed E-state index contributed by atoms with van der Waals surface area (Å²) in [6, 6.07) is 2.53. The van der Waals surface area contributed by atoms with Gasteiger partial charge in [-0.15, -0.1) is 0 Å². The number of benzene rings is 1. The van der Waals surface area contributed by atoms with Crippen LogP contribution in [0.25, 0.3) is 0 Å². The van der Waals surface area contributed by atoms with Gasteiger partial charge < -0.3 is 10.4 Å². The fourth-order valence-corrected chi connectivity index (χ4v) is 2.09. The Morgan fingerprint density at radius 2 is 2.10 bits per heavy atom. The fraction of sp³-hybridized carbons (Fsp3) is 0.385. The maximum absolute atomic E-state index is 13.6. The molecule has 1 aromatic rings.